The van der Waals surface area contributed by atoms with Gasteiger partial charge >= 0.3 is 6.03 Å². The van der Waals surface area contributed by atoms with Crippen LogP contribution in [0.25, 0.3) is 0 Å². The number of halogens is 1. The summed E-state index contributed by atoms with van der Waals surface area (Å²) in [5.41, 5.74) is 2.62. The molecule has 2 aromatic carbocycles. The summed E-state index contributed by atoms with van der Waals surface area (Å²) >= 11 is 0. The summed E-state index contributed by atoms with van der Waals surface area (Å²) in [6.07, 6.45) is 2.14. The van der Waals surface area contributed by atoms with Crippen LogP contribution in [0, 0.1) is 5.82 Å². The zero-order chi connectivity index (χ0) is 26.6. The van der Waals surface area contributed by atoms with Crippen molar-refractivity contribution in [2.75, 3.05) is 31.6 Å². The highest BCUT2D eigenvalue weighted by Crippen LogP contribution is 2.18. The number of furan rings is 1. The van der Waals surface area contributed by atoms with E-state index in [1.54, 1.807) is 35.4 Å². The third kappa shape index (κ3) is 9.06. The zero-order valence-electron chi connectivity index (χ0n) is 21.8. The SMILES string of the molecule is CCOCCCN(CC(=O)N(Cc1ccc(F)cc1)Cc1ccco1)C(=O)Nc1ccc(C(C)C)cc1. The Labute approximate surface area is 218 Å². The first-order chi connectivity index (χ1) is 17.9. The smallest absolute Gasteiger partial charge is 0.322 e. The monoisotopic (exact) mass is 509 g/mol. The Hall–Kier alpha value is -3.65. The highest BCUT2D eigenvalue weighted by atomic mass is 19.1. The van der Waals surface area contributed by atoms with Crippen molar-refractivity contribution < 1.29 is 23.1 Å². The summed E-state index contributed by atoms with van der Waals surface area (Å²) in [5, 5.41) is 2.91. The maximum Gasteiger partial charge on any atom is 0.322 e. The molecule has 7 nitrogen and oxygen atoms in total. The van der Waals surface area contributed by atoms with Crippen LogP contribution in [0.4, 0.5) is 14.9 Å². The molecule has 0 aliphatic heterocycles. The van der Waals surface area contributed by atoms with Gasteiger partial charge in [0, 0.05) is 32.0 Å². The fourth-order valence-corrected chi connectivity index (χ4v) is 3.80. The predicted molar refractivity (Wildman–Crippen MR) is 142 cm³/mol. The molecule has 0 atom stereocenters. The minimum Gasteiger partial charge on any atom is -0.467 e. The number of hydrogen-bond donors (Lipinski definition) is 1. The molecule has 1 aromatic heterocycles. The quantitative estimate of drug-likeness (QED) is 0.286. The van der Waals surface area contributed by atoms with Gasteiger partial charge in [0.1, 0.15) is 18.1 Å². The number of carbonyl (C=O) groups is 2. The molecular formula is C29H36FN3O4. The van der Waals surface area contributed by atoms with Crippen molar-refractivity contribution >= 4 is 17.6 Å². The Morgan fingerprint density at radius 3 is 2.35 bits per heavy atom. The summed E-state index contributed by atoms with van der Waals surface area (Å²) in [6.45, 7) is 7.93. The molecule has 1 N–H and O–H groups in total. The van der Waals surface area contributed by atoms with Gasteiger partial charge in [-0.3, -0.25) is 4.79 Å². The second-order valence-electron chi connectivity index (χ2n) is 9.13. The Bertz CT molecular complexity index is 1100. The van der Waals surface area contributed by atoms with E-state index in [2.05, 4.69) is 19.2 Å². The second kappa shape index (κ2) is 14.2. The van der Waals surface area contributed by atoms with Crippen LogP contribution in [-0.4, -0.2) is 48.0 Å². The van der Waals surface area contributed by atoms with E-state index in [1.165, 1.54) is 22.6 Å². The molecule has 37 heavy (non-hydrogen) atoms. The highest BCUT2D eigenvalue weighted by molar-refractivity contribution is 5.92. The molecule has 0 radical (unpaired) electrons. The summed E-state index contributed by atoms with van der Waals surface area (Å²) in [6, 6.07) is 16.9. The average Bonchev–Trinajstić information content (AvgIpc) is 3.40. The molecule has 3 rings (SSSR count). The van der Waals surface area contributed by atoms with Crippen LogP contribution in [0.15, 0.2) is 71.3 Å². The number of benzene rings is 2. The van der Waals surface area contributed by atoms with Gasteiger partial charge in [-0.2, -0.15) is 0 Å². The van der Waals surface area contributed by atoms with Crippen molar-refractivity contribution in [2.24, 2.45) is 0 Å². The van der Waals surface area contributed by atoms with Crippen LogP contribution < -0.4 is 5.32 Å². The highest BCUT2D eigenvalue weighted by Gasteiger charge is 2.23. The normalized spacial score (nSPS) is 10.9. The molecule has 0 aliphatic rings. The van der Waals surface area contributed by atoms with Crippen molar-refractivity contribution in [1.29, 1.82) is 0 Å². The number of nitrogens with zero attached hydrogens (tertiary/aromatic N) is 2. The van der Waals surface area contributed by atoms with E-state index >= 15 is 0 Å². The van der Waals surface area contributed by atoms with Gasteiger partial charge in [-0.15, -0.1) is 0 Å². The molecule has 0 saturated carbocycles. The van der Waals surface area contributed by atoms with E-state index in [-0.39, 0.29) is 37.4 Å². The first-order valence-electron chi connectivity index (χ1n) is 12.6. The van der Waals surface area contributed by atoms with Crippen LogP contribution in [0.1, 0.15) is 50.0 Å². The largest absolute Gasteiger partial charge is 0.467 e. The molecule has 8 heteroatoms. The first kappa shape index (κ1) is 27.9. The number of nitrogens with one attached hydrogen (secondary N) is 1. The Morgan fingerprint density at radius 2 is 1.73 bits per heavy atom. The van der Waals surface area contributed by atoms with Gasteiger partial charge in [0.05, 0.1) is 12.8 Å². The number of amides is 3. The molecule has 198 valence electrons. The van der Waals surface area contributed by atoms with Gasteiger partial charge in [-0.25, -0.2) is 9.18 Å². The third-order valence-electron chi connectivity index (χ3n) is 5.93. The van der Waals surface area contributed by atoms with E-state index in [1.807, 2.05) is 31.2 Å². The Balaban J connectivity index is 1.73. The molecule has 0 aliphatic carbocycles. The van der Waals surface area contributed by atoms with Crippen LogP contribution >= 0.6 is 0 Å². The lowest BCUT2D eigenvalue weighted by Crippen LogP contribution is -2.44. The average molecular weight is 510 g/mol. The van der Waals surface area contributed by atoms with E-state index in [9.17, 15) is 14.0 Å². The van der Waals surface area contributed by atoms with Crippen LogP contribution in [0.5, 0.6) is 0 Å². The van der Waals surface area contributed by atoms with Crippen LogP contribution in [0.2, 0.25) is 0 Å². The molecule has 3 aromatic rings. The molecule has 3 amide bonds. The zero-order valence-corrected chi connectivity index (χ0v) is 21.8. The molecule has 0 saturated heterocycles. The van der Waals surface area contributed by atoms with Gasteiger partial charge in [0.25, 0.3) is 0 Å². The van der Waals surface area contributed by atoms with Gasteiger partial charge in [-0.1, -0.05) is 38.1 Å². The van der Waals surface area contributed by atoms with Crippen molar-refractivity contribution in [3.8, 4) is 0 Å². The molecule has 0 unspecified atom stereocenters. The number of hydrogen-bond acceptors (Lipinski definition) is 4. The van der Waals surface area contributed by atoms with Gasteiger partial charge < -0.3 is 24.3 Å². The number of urea groups is 1. The molecular weight excluding hydrogens is 473 g/mol. The van der Waals surface area contributed by atoms with E-state index in [4.69, 9.17) is 9.15 Å². The Kier molecular flexibility index (Phi) is 10.7. The second-order valence-corrected chi connectivity index (χ2v) is 9.13. The Morgan fingerprint density at radius 1 is 1.00 bits per heavy atom. The number of ether oxygens (including phenoxy) is 1. The minimum absolute atomic E-state index is 0.121. The predicted octanol–water partition coefficient (Wildman–Crippen LogP) is 6.03. The summed E-state index contributed by atoms with van der Waals surface area (Å²) < 4.78 is 24.3. The van der Waals surface area contributed by atoms with Crippen molar-refractivity contribution in [2.45, 2.75) is 46.2 Å². The maximum atomic E-state index is 13.5. The van der Waals surface area contributed by atoms with Gasteiger partial charge in [-0.05, 0) is 66.8 Å². The molecule has 0 bridgehead atoms. The van der Waals surface area contributed by atoms with E-state index in [0.717, 1.165) is 5.56 Å². The molecule has 1 heterocycles. The fourth-order valence-electron chi connectivity index (χ4n) is 3.80. The lowest BCUT2D eigenvalue weighted by atomic mass is 10.0. The third-order valence-corrected chi connectivity index (χ3v) is 5.93. The fraction of sp³-hybridized carbons (Fsp3) is 0.379. The van der Waals surface area contributed by atoms with E-state index in [0.29, 0.717) is 43.5 Å². The standard InChI is InChI=1S/C29H36FN3O4/c1-4-36-17-6-16-32(29(35)31-26-14-10-24(11-15-26)22(2)3)21-28(34)33(20-27-7-5-18-37-27)19-23-8-12-25(30)13-9-23/h5,7-15,18,22H,4,6,16-17,19-21H2,1-3H3,(H,31,35). The van der Waals surface area contributed by atoms with Crippen molar-refractivity contribution in [1.82, 2.24) is 9.80 Å². The number of anilines is 1. The minimum atomic E-state index is -0.359. The van der Waals surface area contributed by atoms with Crippen LogP contribution in [0.3, 0.4) is 0 Å². The molecule has 0 fully saturated rings. The first-order valence-corrected chi connectivity index (χ1v) is 12.6. The van der Waals surface area contributed by atoms with Gasteiger partial charge in [0.2, 0.25) is 5.91 Å². The van der Waals surface area contributed by atoms with E-state index < -0.39 is 0 Å². The van der Waals surface area contributed by atoms with Crippen molar-refractivity contribution in [3.63, 3.8) is 0 Å². The maximum absolute atomic E-state index is 13.5. The van der Waals surface area contributed by atoms with Crippen LogP contribution in [-0.2, 0) is 22.6 Å². The van der Waals surface area contributed by atoms with Gasteiger partial charge in [0.15, 0.2) is 0 Å². The van der Waals surface area contributed by atoms with Crippen molar-refractivity contribution in [3.05, 3.63) is 89.6 Å². The number of rotatable bonds is 13. The number of carbonyl (C=O) groups excluding carboxylic acids is 2. The summed E-state index contributed by atoms with van der Waals surface area (Å²) in [4.78, 5) is 29.8. The summed E-state index contributed by atoms with van der Waals surface area (Å²) in [7, 11) is 0. The summed E-state index contributed by atoms with van der Waals surface area (Å²) in [5.74, 6) is 0.417. The topological polar surface area (TPSA) is 75.0 Å². The lowest BCUT2D eigenvalue weighted by Gasteiger charge is -2.27. The molecule has 0 spiro atoms. The lowest BCUT2D eigenvalue weighted by molar-refractivity contribution is -0.133.